The highest BCUT2D eigenvalue weighted by Crippen LogP contribution is 2.34. The lowest BCUT2D eigenvalue weighted by molar-refractivity contribution is 0.0648. The fourth-order valence-corrected chi connectivity index (χ4v) is 3.22. The van der Waals surface area contributed by atoms with Gasteiger partial charge in [-0.25, -0.2) is 9.59 Å². The zero-order valence-electron chi connectivity index (χ0n) is 13.9. The van der Waals surface area contributed by atoms with Gasteiger partial charge in [-0.1, -0.05) is 12.1 Å². The van der Waals surface area contributed by atoms with E-state index in [1.807, 2.05) is 0 Å². The predicted molar refractivity (Wildman–Crippen MR) is 91.8 cm³/mol. The quantitative estimate of drug-likeness (QED) is 0.528. The first-order chi connectivity index (χ1) is 12.4. The smallest absolute Gasteiger partial charge is 0.336 e. The van der Waals surface area contributed by atoms with Crippen LogP contribution in [0, 0.1) is 0 Å². The average molecular weight is 356 g/mol. The number of rotatable bonds is 6. The number of benzene rings is 2. The summed E-state index contributed by atoms with van der Waals surface area (Å²) in [4.78, 5) is 49.6. The van der Waals surface area contributed by atoms with Gasteiger partial charge in [0.1, 0.15) is 0 Å². The van der Waals surface area contributed by atoms with E-state index in [0.29, 0.717) is 13.0 Å². The molecule has 2 amide bonds. The third-order valence-electron chi connectivity index (χ3n) is 4.37. The van der Waals surface area contributed by atoms with Crippen LogP contribution in [-0.2, 0) is 0 Å². The van der Waals surface area contributed by atoms with Crippen molar-refractivity contribution in [2.24, 2.45) is 0 Å². The summed E-state index contributed by atoms with van der Waals surface area (Å²) in [5.74, 6) is -3.77. The summed E-state index contributed by atoms with van der Waals surface area (Å²) in [6.07, 6.45) is 0.548. The molecule has 2 aromatic carbocycles. The molecular weight excluding hydrogens is 340 g/mol. The molecule has 0 aromatic heterocycles. The van der Waals surface area contributed by atoms with Crippen LogP contribution in [0.15, 0.2) is 24.3 Å². The fourth-order valence-electron chi connectivity index (χ4n) is 3.22. The molecule has 1 heterocycles. The summed E-state index contributed by atoms with van der Waals surface area (Å²) < 4.78 is 0. The summed E-state index contributed by atoms with van der Waals surface area (Å²) in [5.41, 5.74) is -0.485. The SMILES string of the molecule is CNCCCN1C(=O)c2cc(C(=O)O)c3c(C(=O)O)cccc3c2C1=O. The van der Waals surface area contributed by atoms with Gasteiger partial charge in [-0.15, -0.1) is 0 Å². The van der Waals surface area contributed by atoms with Crippen molar-refractivity contribution in [3.05, 3.63) is 46.5 Å². The molecule has 0 fully saturated rings. The van der Waals surface area contributed by atoms with E-state index in [4.69, 9.17) is 0 Å². The number of carbonyl (C=O) groups excluding carboxylic acids is 2. The lowest BCUT2D eigenvalue weighted by Crippen LogP contribution is -2.32. The normalized spacial score (nSPS) is 13.3. The van der Waals surface area contributed by atoms with Gasteiger partial charge in [0.05, 0.1) is 22.3 Å². The minimum atomic E-state index is -1.36. The number of carboxylic acid groups (broad SMARTS) is 2. The maximum atomic E-state index is 12.8. The molecule has 0 bridgehead atoms. The van der Waals surface area contributed by atoms with Crippen molar-refractivity contribution in [3.63, 3.8) is 0 Å². The van der Waals surface area contributed by atoms with Crippen molar-refractivity contribution in [1.82, 2.24) is 10.2 Å². The van der Waals surface area contributed by atoms with Crippen molar-refractivity contribution < 1.29 is 29.4 Å². The Morgan fingerprint density at radius 3 is 2.38 bits per heavy atom. The molecule has 0 saturated carbocycles. The second-order valence-electron chi connectivity index (χ2n) is 5.90. The Balaban J connectivity index is 2.26. The van der Waals surface area contributed by atoms with Crippen molar-refractivity contribution in [1.29, 1.82) is 0 Å². The first-order valence-electron chi connectivity index (χ1n) is 7.95. The fraction of sp³-hybridized carbons (Fsp3) is 0.222. The minimum Gasteiger partial charge on any atom is -0.478 e. The lowest BCUT2D eigenvalue weighted by atomic mass is 9.92. The highest BCUT2D eigenvalue weighted by Gasteiger charge is 2.38. The Bertz CT molecular complexity index is 966. The Hall–Kier alpha value is -3.26. The molecule has 0 radical (unpaired) electrons. The molecule has 3 rings (SSSR count). The molecule has 1 aliphatic rings. The van der Waals surface area contributed by atoms with Gasteiger partial charge in [0.25, 0.3) is 11.8 Å². The van der Waals surface area contributed by atoms with Crippen molar-refractivity contribution in [2.45, 2.75) is 6.42 Å². The van der Waals surface area contributed by atoms with Gasteiger partial charge in [0.2, 0.25) is 0 Å². The standard InChI is InChI=1S/C18H16N2O6/c1-19-6-3-7-20-15(21)11-8-12(18(25)26)13-9(14(11)16(20)22)4-2-5-10(13)17(23)24/h2,4-5,8,19H,3,6-7H2,1H3,(H,23,24)(H,25,26). The number of imide groups is 1. The molecule has 8 heteroatoms. The van der Waals surface area contributed by atoms with E-state index in [1.54, 1.807) is 7.05 Å². The Labute approximate surface area is 148 Å². The van der Waals surface area contributed by atoms with E-state index in [0.717, 1.165) is 11.0 Å². The van der Waals surface area contributed by atoms with Crippen LogP contribution >= 0.6 is 0 Å². The van der Waals surface area contributed by atoms with Crippen molar-refractivity contribution in [3.8, 4) is 0 Å². The minimum absolute atomic E-state index is 0.00750. The first kappa shape index (κ1) is 17.6. The molecular formula is C18H16N2O6. The van der Waals surface area contributed by atoms with E-state index < -0.39 is 23.8 Å². The highest BCUT2D eigenvalue weighted by atomic mass is 16.4. The van der Waals surface area contributed by atoms with Gasteiger partial charge in [-0.2, -0.15) is 0 Å². The summed E-state index contributed by atoms with van der Waals surface area (Å²) in [5, 5.41) is 21.9. The van der Waals surface area contributed by atoms with Gasteiger partial charge in [-0.05, 0) is 37.5 Å². The van der Waals surface area contributed by atoms with Crippen LogP contribution in [0.5, 0.6) is 0 Å². The summed E-state index contributed by atoms with van der Waals surface area (Å²) in [7, 11) is 1.75. The largest absolute Gasteiger partial charge is 0.478 e. The van der Waals surface area contributed by atoms with Gasteiger partial charge in [-0.3, -0.25) is 14.5 Å². The number of carbonyl (C=O) groups is 4. The van der Waals surface area contributed by atoms with Gasteiger partial charge in [0, 0.05) is 11.9 Å². The van der Waals surface area contributed by atoms with Crippen LogP contribution in [0.1, 0.15) is 47.9 Å². The molecule has 0 unspecified atom stereocenters. The maximum absolute atomic E-state index is 12.8. The molecule has 0 atom stereocenters. The second kappa shape index (κ2) is 6.57. The molecule has 3 N–H and O–H groups in total. The number of fused-ring (bicyclic) bond motifs is 3. The van der Waals surface area contributed by atoms with E-state index in [-0.39, 0.29) is 39.6 Å². The van der Waals surface area contributed by atoms with Crippen LogP contribution in [0.4, 0.5) is 0 Å². The number of amides is 2. The van der Waals surface area contributed by atoms with E-state index in [9.17, 15) is 29.4 Å². The van der Waals surface area contributed by atoms with Crippen LogP contribution in [-0.4, -0.2) is 59.0 Å². The third kappa shape index (κ3) is 2.60. The van der Waals surface area contributed by atoms with E-state index in [2.05, 4.69) is 5.32 Å². The van der Waals surface area contributed by atoms with Gasteiger partial charge < -0.3 is 15.5 Å². The number of nitrogens with one attached hydrogen (secondary N) is 1. The van der Waals surface area contributed by atoms with E-state index in [1.165, 1.54) is 18.2 Å². The number of carboxylic acids is 2. The summed E-state index contributed by atoms with van der Waals surface area (Å²) in [6, 6.07) is 5.27. The predicted octanol–water partition coefficient (Wildman–Crippen LogP) is 1.44. The second-order valence-corrected chi connectivity index (χ2v) is 5.90. The monoisotopic (exact) mass is 356 g/mol. The van der Waals surface area contributed by atoms with Gasteiger partial charge >= 0.3 is 11.9 Å². The Morgan fingerprint density at radius 1 is 1.08 bits per heavy atom. The number of aromatic carboxylic acids is 2. The molecule has 1 aliphatic heterocycles. The molecule has 0 aliphatic carbocycles. The summed E-state index contributed by atoms with van der Waals surface area (Å²) in [6.45, 7) is 0.799. The van der Waals surface area contributed by atoms with E-state index >= 15 is 0 Å². The number of hydrogen-bond donors (Lipinski definition) is 3. The Morgan fingerprint density at radius 2 is 1.77 bits per heavy atom. The van der Waals surface area contributed by atoms with Crippen LogP contribution < -0.4 is 5.32 Å². The lowest BCUT2D eigenvalue weighted by Gasteiger charge is -2.13. The Kier molecular flexibility index (Phi) is 4.43. The zero-order valence-corrected chi connectivity index (χ0v) is 13.9. The molecule has 2 aromatic rings. The van der Waals surface area contributed by atoms with Crippen LogP contribution in [0.25, 0.3) is 10.8 Å². The topological polar surface area (TPSA) is 124 Å². The number of hydrogen-bond acceptors (Lipinski definition) is 5. The number of nitrogens with zero attached hydrogens (tertiary/aromatic N) is 1. The molecule has 26 heavy (non-hydrogen) atoms. The average Bonchev–Trinajstić information content (AvgIpc) is 2.85. The van der Waals surface area contributed by atoms with Crippen LogP contribution in [0.2, 0.25) is 0 Å². The van der Waals surface area contributed by atoms with Gasteiger partial charge in [0.15, 0.2) is 0 Å². The first-order valence-corrected chi connectivity index (χ1v) is 7.95. The highest BCUT2D eigenvalue weighted by molar-refractivity contribution is 6.29. The molecule has 0 saturated heterocycles. The van der Waals surface area contributed by atoms with Crippen molar-refractivity contribution >= 4 is 34.5 Å². The maximum Gasteiger partial charge on any atom is 0.336 e. The van der Waals surface area contributed by atoms with Crippen LogP contribution in [0.3, 0.4) is 0 Å². The zero-order chi connectivity index (χ0) is 19.0. The summed E-state index contributed by atoms with van der Waals surface area (Å²) >= 11 is 0. The molecule has 8 nitrogen and oxygen atoms in total. The van der Waals surface area contributed by atoms with Crippen molar-refractivity contribution in [2.75, 3.05) is 20.1 Å². The molecule has 134 valence electrons. The third-order valence-corrected chi connectivity index (χ3v) is 4.37. The molecule has 0 spiro atoms.